The fourth-order valence-corrected chi connectivity index (χ4v) is 4.43. The van der Waals surface area contributed by atoms with E-state index < -0.39 is 10.0 Å². The number of benzene rings is 2. The first-order valence-electron chi connectivity index (χ1n) is 10.1. The van der Waals surface area contributed by atoms with Crippen molar-refractivity contribution in [3.8, 4) is 28.8 Å². The summed E-state index contributed by atoms with van der Waals surface area (Å²) in [6.45, 7) is 0. The predicted molar refractivity (Wildman–Crippen MR) is 129 cm³/mol. The highest BCUT2D eigenvalue weighted by Gasteiger charge is 2.22. The first kappa shape index (κ1) is 24.3. The van der Waals surface area contributed by atoms with Crippen molar-refractivity contribution >= 4 is 33.4 Å². The number of nitrogens with one attached hydrogen (secondary N) is 1. The van der Waals surface area contributed by atoms with Gasteiger partial charge in [0.2, 0.25) is 21.8 Å². The van der Waals surface area contributed by atoms with Crippen molar-refractivity contribution < 1.29 is 27.1 Å². The highest BCUT2D eigenvalue weighted by Crippen LogP contribution is 2.35. The molecule has 4 aromatic rings. The van der Waals surface area contributed by atoms with Crippen LogP contribution in [0.5, 0.6) is 11.5 Å². The number of hydrogen-bond donors (Lipinski definition) is 2. The van der Waals surface area contributed by atoms with Crippen molar-refractivity contribution in [2.24, 2.45) is 5.14 Å². The van der Waals surface area contributed by atoms with Crippen LogP contribution in [-0.4, -0.2) is 49.1 Å². The molecule has 0 aliphatic carbocycles. The molecule has 13 heteroatoms. The van der Waals surface area contributed by atoms with Crippen LogP contribution in [0.1, 0.15) is 0 Å². The number of thioether (sulfide) groups is 1. The molecule has 0 radical (unpaired) electrons. The van der Waals surface area contributed by atoms with Gasteiger partial charge in [0.1, 0.15) is 11.5 Å². The zero-order valence-electron chi connectivity index (χ0n) is 18.7. The summed E-state index contributed by atoms with van der Waals surface area (Å²) in [5.41, 5.74) is 1.03. The summed E-state index contributed by atoms with van der Waals surface area (Å²) in [6.07, 6.45) is 1.53. The minimum absolute atomic E-state index is 0.000485. The molecule has 0 aliphatic heterocycles. The van der Waals surface area contributed by atoms with E-state index in [0.717, 1.165) is 11.8 Å². The van der Waals surface area contributed by atoms with Crippen molar-refractivity contribution in [2.45, 2.75) is 10.1 Å². The maximum Gasteiger partial charge on any atom is 0.238 e. The molecular formula is C22H21N5O6S2. The van der Waals surface area contributed by atoms with Crippen molar-refractivity contribution in [2.75, 3.05) is 25.3 Å². The summed E-state index contributed by atoms with van der Waals surface area (Å²) in [6, 6.07) is 14.3. The summed E-state index contributed by atoms with van der Waals surface area (Å²) >= 11 is 1.15. The monoisotopic (exact) mass is 515 g/mol. The molecule has 0 aliphatic rings. The Balaban J connectivity index is 1.60. The van der Waals surface area contributed by atoms with Crippen LogP contribution >= 0.6 is 11.8 Å². The van der Waals surface area contributed by atoms with Crippen LogP contribution < -0.4 is 19.9 Å². The molecule has 2 aromatic carbocycles. The lowest BCUT2D eigenvalue weighted by molar-refractivity contribution is -0.113. The number of ether oxygens (including phenoxy) is 2. The van der Waals surface area contributed by atoms with E-state index in [1.54, 1.807) is 49.1 Å². The lowest BCUT2D eigenvalue weighted by atomic mass is 10.2. The Morgan fingerprint density at radius 2 is 1.89 bits per heavy atom. The Kier molecular flexibility index (Phi) is 7.10. The summed E-state index contributed by atoms with van der Waals surface area (Å²) < 4.78 is 40.9. The maximum absolute atomic E-state index is 12.6. The number of sulfonamides is 1. The van der Waals surface area contributed by atoms with Crippen molar-refractivity contribution in [1.82, 2.24) is 14.8 Å². The number of primary sulfonamides is 1. The minimum atomic E-state index is -3.81. The number of carbonyl (C=O) groups is 1. The summed E-state index contributed by atoms with van der Waals surface area (Å²) in [5.74, 6) is 1.71. The second-order valence-corrected chi connectivity index (χ2v) is 9.57. The van der Waals surface area contributed by atoms with Gasteiger partial charge in [0.15, 0.2) is 10.9 Å². The first-order chi connectivity index (χ1) is 16.8. The highest BCUT2D eigenvalue weighted by molar-refractivity contribution is 7.99. The average Bonchev–Trinajstić information content (AvgIpc) is 3.52. The van der Waals surface area contributed by atoms with Crippen LogP contribution in [0.15, 0.2) is 75.3 Å². The Hall–Kier alpha value is -3.81. The van der Waals surface area contributed by atoms with E-state index in [4.69, 9.17) is 19.0 Å². The third kappa shape index (κ3) is 5.48. The molecule has 0 saturated heterocycles. The van der Waals surface area contributed by atoms with Gasteiger partial charge in [-0.05, 0) is 48.5 Å². The van der Waals surface area contributed by atoms with Gasteiger partial charge in [0.05, 0.1) is 36.8 Å². The lowest BCUT2D eigenvalue weighted by Crippen LogP contribution is -2.15. The van der Waals surface area contributed by atoms with Crippen LogP contribution in [0.2, 0.25) is 0 Å². The van der Waals surface area contributed by atoms with Crippen molar-refractivity contribution in [3.05, 3.63) is 60.9 Å². The molecule has 2 heterocycles. The number of nitrogens with two attached hydrogens (primary N) is 1. The van der Waals surface area contributed by atoms with E-state index in [2.05, 4.69) is 15.5 Å². The van der Waals surface area contributed by atoms with Gasteiger partial charge in [0, 0.05) is 11.8 Å². The van der Waals surface area contributed by atoms with Crippen LogP contribution in [0, 0.1) is 0 Å². The Bertz CT molecular complexity index is 1430. The summed E-state index contributed by atoms with van der Waals surface area (Å²) in [4.78, 5) is 12.5. The smallest absolute Gasteiger partial charge is 0.238 e. The zero-order valence-corrected chi connectivity index (χ0v) is 20.3. The molecule has 35 heavy (non-hydrogen) atoms. The van der Waals surface area contributed by atoms with E-state index in [9.17, 15) is 13.2 Å². The normalized spacial score (nSPS) is 11.3. The molecule has 11 nitrogen and oxygen atoms in total. The van der Waals surface area contributed by atoms with Gasteiger partial charge >= 0.3 is 0 Å². The third-order valence-corrected chi connectivity index (χ3v) is 6.66. The van der Waals surface area contributed by atoms with E-state index in [0.29, 0.717) is 39.6 Å². The topological polar surface area (TPSA) is 152 Å². The van der Waals surface area contributed by atoms with Crippen molar-refractivity contribution in [3.63, 3.8) is 0 Å². The fourth-order valence-electron chi connectivity index (χ4n) is 3.17. The molecule has 4 rings (SSSR count). The Morgan fingerprint density at radius 3 is 2.51 bits per heavy atom. The number of aromatic nitrogens is 3. The number of hydrogen-bond acceptors (Lipinski definition) is 9. The average molecular weight is 516 g/mol. The van der Waals surface area contributed by atoms with Crippen molar-refractivity contribution in [1.29, 1.82) is 0 Å². The van der Waals surface area contributed by atoms with E-state index in [-0.39, 0.29) is 16.6 Å². The second-order valence-electron chi connectivity index (χ2n) is 7.06. The molecule has 0 saturated carbocycles. The minimum Gasteiger partial charge on any atom is -0.497 e. The van der Waals surface area contributed by atoms with Gasteiger partial charge in [-0.15, -0.1) is 10.2 Å². The number of amides is 1. The first-order valence-corrected chi connectivity index (χ1v) is 12.6. The SMILES string of the molecule is COc1ccc(OC)c(-n2c(SCC(=O)Nc3ccc(S(N)(=O)=O)cc3)nnc2-c2ccco2)c1. The quantitative estimate of drug-likeness (QED) is 0.321. The van der Waals surface area contributed by atoms with E-state index in [1.807, 2.05) is 0 Å². The molecule has 0 bridgehead atoms. The number of anilines is 1. The van der Waals surface area contributed by atoms with Gasteiger partial charge in [-0.2, -0.15) is 0 Å². The Morgan fingerprint density at radius 1 is 1.11 bits per heavy atom. The van der Waals surface area contributed by atoms with Gasteiger partial charge in [-0.1, -0.05) is 11.8 Å². The molecule has 0 spiro atoms. The molecule has 0 atom stereocenters. The molecular weight excluding hydrogens is 494 g/mol. The van der Waals surface area contributed by atoms with Crippen LogP contribution in [0.4, 0.5) is 5.69 Å². The molecule has 2 aromatic heterocycles. The van der Waals surface area contributed by atoms with E-state index in [1.165, 1.54) is 30.5 Å². The molecule has 1 amide bonds. The van der Waals surface area contributed by atoms with Crippen LogP contribution in [0.25, 0.3) is 17.3 Å². The highest BCUT2D eigenvalue weighted by atomic mass is 32.2. The fraction of sp³-hybridized carbons (Fsp3) is 0.136. The number of rotatable bonds is 9. The number of nitrogens with zero attached hydrogens (tertiary/aromatic N) is 3. The van der Waals surface area contributed by atoms with E-state index >= 15 is 0 Å². The molecule has 0 fully saturated rings. The largest absolute Gasteiger partial charge is 0.497 e. The standard InChI is InChI=1S/C22H21N5O6S2/c1-31-15-7-10-18(32-2)17(12-15)27-21(19-4-3-11-33-19)25-26-22(27)34-13-20(28)24-14-5-8-16(9-6-14)35(23,29)30/h3-12H,13H2,1-2H3,(H,24,28)(H2,23,29,30). The lowest BCUT2D eigenvalue weighted by Gasteiger charge is -2.14. The maximum atomic E-state index is 12.6. The number of carbonyl (C=O) groups excluding carboxylic acids is 1. The zero-order chi connectivity index (χ0) is 25.0. The van der Waals surface area contributed by atoms with Gasteiger partial charge in [0.25, 0.3) is 0 Å². The molecule has 0 unspecified atom stereocenters. The predicted octanol–water partition coefficient (Wildman–Crippen LogP) is 2.92. The van der Waals surface area contributed by atoms with Gasteiger partial charge < -0.3 is 19.2 Å². The number of furan rings is 1. The summed E-state index contributed by atoms with van der Waals surface area (Å²) in [5, 5.41) is 16.7. The second kappa shape index (κ2) is 10.2. The molecule has 182 valence electrons. The van der Waals surface area contributed by atoms with Crippen LogP contribution in [0.3, 0.4) is 0 Å². The number of methoxy groups -OCH3 is 2. The summed E-state index contributed by atoms with van der Waals surface area (Å²) in [7, 11) is -0.713. The van der Waals surface area contributed by atoms with Gasteiger partial charge in [-0.3, -0.25) is 9.36 Å². The third-order valence-electron chi connectivity index (χ3n) is 4.80. The van der Waals surface area contributed by atoms with Crippen LogP contribution in [-0.2, 0) is 14.8 Å². The Labute approximate surface area is 205 Å². The molecule has 3 N–H and O–H groups in total. The van der Waals surface area contributed by atoms with Gasteiger partial charge in [-0.25, -0.2) is 13.6 Å².